The maximum absolute atomic E-state index is 12.2. The first-order chi connectivity index (χ1) is 10.5. The van der Waals surface area contributed by atoms with Crippen molar-refractivity contribution >= 4 is 31.8 Å². The SMILES string of the molecule is O=S(=O)(Nc1cc(-c2cccc(Br)c2)no1)c1ccccc1. The quantitative estimate of drug-likeness (QED) is 0.746. The minimum absolute atomic E-state index is 0.0684. The predicted molar refractivity (Wildman–Crippen MR) is 86.9 cm³/mol. The number of hydrogen-bond acceptors (Lipinski definition) is 4. The molecule has 112 valence electrons. The zero-order valence-electron chi connectivity index (χ0n) is 11.2. The Labute approximate surface area is 136 Å². The van der Waals surface area contributed by atoms with E-state index in [1.165, 1.54) is 12.1 Å². The van der Waals surface area contributed by atoms with Crippen molar-refractivity contribution in [2.75, 3.05) is 4.72 Å². The molecule has 0 spiro atoms. The van der Waals surface area contributed by atoms with E-state index in [1.807, 2.05) is 24.3 Å². The first kappa shape index (κ1) is 14.8. The van der Waals surface area contributed by atoms with Crippen molar-refractivity contribution in [3.8, 4) is 11.3 Å². The van der Waals surface area contributed by atoms with Crippen molar-refractivity contribution in [1.29, 1.82) is 0 Å². The summed E-state index contributed by atoms with van der Waals surface area (Å²) in [5.74, 6) is 0.0684. The standard InChI is InChI=1S/C15H11BrN2O3S/c16-12-6-4-5-11(9-12)14-10-15(21-17-14)18-22(19,20)13-7-2-1-3-8-13/h1-10,18H. The third kappa shape index (κ3) is 3.20. The molecule has 1 N–H and O–H groups in total. The molecule has 7 heteroatoms. The van der Waals surface area contributed by atoms with Gasteiger partial charge in [0.15, 0.2) is 0 Å². The van der Waals surface area contributed by atoms with Crippen molar-refractivity contribution in [2.24, 2.45) is 0 Å². The van der Waals surface area contributed by atoms with Crippen LogP contribution in [0.5, 0.6) is 0 Å². The Hall–Kier alpha value is -2.12. The average Bonchev–Trinajstić information content (AvgIpc) is 2.96. The summed E-state index contributed by atoms with van der Waals surface area (Å²) >= 11 is 3.38. The summed E-state index contributed by atoms with van der Waals surface area (Å²) in [5.41, 5.74) is 1.37. The van der Waals surface area contributed by atoms with Gasteiger partial charge in [0.05, 0.1) is 4.90 Å². The minimum Gasteiger partial charge on any atom is -0.337 e. The lowest BCUT2D eigenvalue weighted by molar-refractivity contribution is 0.438. The van der Waals surface area contributed by atoms with Gasteiger partial charge >= 0.3 is 0 Å². The van der Waals surface area contributed by atoms with Gasteiger partial charge in [0, 0.05) is 16.1 Å². The van der Waals surface area contributed by atoms with Crippen LogP contribution in [0.15, 0.2) is 74.6 Å². The molecule has 0 saturated carbocycles. The molecule has 0 aliphatic rings. The van der Waals surface area contributed by atoms with Crippen LogP contribution in [-0.2, 0) is 10.0 Å². The van der Waals surface area contributed by atoms with Gasteiger partial charge in [-0.25, -0.2) is 13.1 Å². The van der Waals surface area contributed by atoms with Crippen molar-refractivity contribution < 1.29 is 12.9 Å². The Morgan fingerprint density at radius 1 is 1.00 bits per heavy atom. The maximum Gasteiger partial charge on any atom is 0.264 e. The number of halogens is 1. The fourth-order valence-electron chi connectivity index (χ4n) is 1.90. The molecule has 1 aromatic heterocycles. The molecule has 0 bridgehead atoms. The molecule has 0 amide bonds. The lowest BCUT2D eigenvalue weighted by atomic mass is 10.2. The van der Waals surface area contributed by atoms with E-state index in [0.29, 0.717) is 5.69 Å². The van der Waals surface area contributed by atoms with Gasteiger partial charge in [0.1, 0.15) is 5.69 Å². The fraction of sp³-hybridized carbons (Fsp3) is 0. The predicted octanol–water partition coefficient (Wildman–Crippen LogP) is 3.90. The highest BCUT2D eigenvalue weighted by molar-refractivity contribution is 9.10. The molecule has 0 unspecified atom stereocenters. The zero-order valence-corrected chi connectivity index (χ0v) is 13.6. The lowest BCUT2D eigenvalue weighted by Crippen LogP contribution is -2.12. The maximum atomic E-state index is 12.2. The molecule has 0 atom stereocenters. The van der Waals surface area contributed by atoms with E-state index in [2.05, 4.69) is 25.8 Å². The smallest absolute Gasteiger partial charge is 0.264 e. The molecule has 0 aliphatic carbocycles. The second-order valence-corrected chi connectivity index (χ2v) is 7.10. The van der Waals surface area contributed by atoms with Gasteiger partial charge in [-0.15, -0.1) is 0 Å². The topological polar surface area (TPSA) is 72.2 Å². The Morgan fingerprint density at radius 3 is 2.50 bits per heavy atom. The van der Waals surface area contributed by atoms with Crippen LogP contribution in [0, 0.1) is 0 Å². The summed E-state index contributed by atoms with van der Waals surface area (Å²) in [6.07, 6.45) is 0. The Balaban J connectivity index is 1.86. The van der Waals surface area contributed by atoms with E-state index in [1.54, 1.807) is 24.3 Å². The highest BCUT2D eigenvalue weighted by Crippen LogP contribution is 2.25. The number of hydrogen-bond donors (Lipinski definition) is 1. The van der Waals surface area contributed by atoms with Gasteiger partial charge in [0.2, 0.25) is 5.88 Å². The van der Waals surface area contributed by atoms with E-state index in [-0.39, 0.29) is 10.8 Å². The first-order valence-electron chi connectivity index (χ1n) is 6.35. The normalized spacial score (nSPS) is 11.3. The number of benzene rings is 2. The van der Waals surface area contributed by atoms with Crippen LogP contribution in [-0.4, -0.2) is 13.6 Å². The number of nitrogens with one attached hydrogen (secondary N) is 1. The molecule has 5 nitrogen and oxygen atoms in total. The lowest BCUT2D eigenvalue weighted by Gasteiger charge is -2.03. The number of sulfonamides is 1. The first-order valence-corrected chi connectivity index (χ1v) is 8.63. The second-order valence-electron chi connectivity index (χ2n) is 4.51. The van der Waals surface area contributed by atoms with Crippen LogP contribution in [0.3, 0.4) is 0 Å². The molecular formula is C15H11BrN2O3S. The van der Waals surface area contributed by atoms with Gasteiger partial charge < -0.3 is 4.52 Å². The summed E-state index contributed by atoms with van der Waals surface area (Å²) in [6.45, 7) is 0. The molecule has 1 heterocycles. The van der Waals surface area contributed by atoms with E-state index < -0.39 is 10.0 Å². The minimum atomic E-state index is -3.68. The van der Waals surface area contributed by atoms with Gasteiger partial charge in [-0.1, -0.05) is 51.4 Å². The molecular weight excluding hydrogens is 368 g/mol. The summed E-state index contributed by atoms with van der Waals surface area (Å²) in [5, 5.41) is 3.88. The molecule has 3 aromatic rings. The van der Waals surface area contributed by atoms with Gasteiger partial charge in [-0.05, 0) is 24.3 Å². The third-order valence-electron chi connectivity index (χ3n) is 2.92. The summed E-state index contributed by atoms with van der Waals surface area (Å²) in [6, 6.07) is 17.1. The fourth-order valence-corrected chi connectivity index (χ4v) is 3.29. The molecule has 0 radical (unpaired) electrons. The largest absolute Gasteiger partial charge is 0.337 e. The zero-order chi connectivity index (χ0) is 15.6. The van der Waals surface area contributed by atoms with E-state index >= 15 is 0 Å². The molecule has 0 aliphatic heterocycles. The van der Waals surface area contributed by atoms with Crippen molar-refractivity contribution in [3.05, 3.63) is 65.1 Å². The molecule has 0 saturated heterocycles. The van der Waals surface area contributed by atoms with Crippen LogP contribution >= 0.6 is 15.9 Å². The summed E-state index contributed by atoms with van der Waals surface area (Å²) in [4.78, 5) is 0.162. The summed E-state index contributed by atoms with van der Waals surface area (Å²) in [7, 11) is -3.68. The second kappa shape index (κ2) is 5.94. The monoisotopic (exact) mass is 378 g/mol. The van der Waals surface area contributed by atoms with Crippen LogP contribution < -0.4 is 4.72 Å². The van der Waals surface area contributed by atoms with E-state index in [0.717, 1.165) is 10.0 Å². The molecule has 0 fully saturated rings. The van der Waals surface area contributed by atoms with Gasteiger partial charge in [0.25, 0.3) is 10.0 Å². The molecule has 3 rings (SSSR count). The molecule has 2 aromatic carbocycles. The van der Waals surface area contributed by atoms with Crippen LogP contribution in [0.25, 0.3) is 11.3 Å². The van der Waals surface area contributed by atoms with Crippen molar-refractivity contribution in [1.82, 2.24) is 5.16 Å². The number of anilines is 1. The Kier molecular flexibility index (Phi) is 4.00. The van der Waals surface area contributed by atoms with Crippen LogP contribution in [0.2, 0.25) is 0 Å². The molecule has 22 heavy (non-hydrogen) atoms. The van der Waals surface area contributed by atoms with Crippen molar-refractivity contribution in [2.45, 2.75) is 4.90 Å². The Bertz CT molecular complexity index is 892. The van der Waals surface area contributed by atoms with Crippen LogP contribution in [0.1, 0.15) is 0 Å². The van der Waals surface area contributed by atoms with Crippen molar-refractivity contribution in [3.63, 3.8) is 0 Å². The van der Waals surface area contributed by atoms with E-state index in [4.69, 9.17) is 4.52 Å². The number of rotatable bonds is 4. The highest BCUT2D eigenvalue weighted by Gasteiger charge is 2.16. The number of aromatic nitrogens is 1. The average molecular weight is 379 g/mol. The van der Waals surface area contributed by atoms with Crippen LogP contribution in [0.4, 0.5) is 5.88 Å². The summed E-state index contributed by atoms with van der Waals surface area (Å²) < 4.78 is 32.7. The van der Waals surface area contributed by atoms with E-state index in [9.17, 15) is 8.42 Å². The van der Waals surface area contributed by atoms with Gasteiger partial charge in [-0.3, -0.25) is 0 Å². The third-order valence-corrected chi connectivity index (χ3v) is 4.77. The van der Waals surface area contributed by atoms with Gasteiger partial charge in [-0.2, -0.15) is 0 Å². The highest BCUT2D eigenvalue weighted by atomic mass is 79.9. The Morgan fingerprint density at radius 2 is 1.77 bits per heavy atom. The number of nitrogens with zero attached hydrogens (tertiary/aromatic N) is 1.